The third kappa shape index (κ3) is 5.05. The first kappa shape index (κ1) is 19.9. The van der Waals surface area contributed by atoms with Crippen LogP contribution in [0.15, 0.2) is 42.5 Å². The zero-order valence-electron chi connectivity index (χ0n) is 13.7. The van der Waals surface area contributed by atoms with Crippen molar-refractivity contribution in [3.8, 4) is 0 Å². The Morgan fingerprint density at radius 2 is 1.81 bits per heavy atom. The van der Waals surface area contributed by atoms with Crippen LogP contribution in [0.2, 0.25) is 5.15 Å². The molecule has 0 N–H and O–H groups in total. The maximum atomic E-state index is 12.6. The number of rotatable bonds is 6. The molecule has 0 amide bonds. The summed E-state index contributed by atoms with van der Waals surface area (Å²) in [7, 11) is 0. The van der Waals surface area contributed by atoms with Gasteiger partial charge in [0, 0.05) is 0 Å². The van der Waals surface area contributed by atoms with Gasteiger partial charge in [0.1, 0.15) is 16.8 Å². The van der Waals surface area contributed by atoms with Gasteiger partial charge in [0.2, 0.25) is 0 Å². The number of hydrogen-bond acceptors (Lipinski definition) is 4. The van der Waals surface area contributed by atoms with E-state index in [0.717, 1.165) is 12.1 Å². The molecule has 2 aromatic rings. The van der Waals surface area contributed by atoms with Crippen molar-refractivity contribution < 1.29 is 27.5 Å². The lowest BCUT2D eigenvalue weighted by Gasteiger charge is -2.15. The van der Waals surface area contributed by atoms with Gasteiger partial charge in [-0.25, -0.2) is 4.98 Å². The van der Waals surface area contributed by atoms with Crippen LogP contribution in [0.25, 0.3) is 0 Å². The maximum absolute atomic E-state index is 12.6. The van der Waals surface area contributed by atoms with Gasteiger partial charge in [-0.05, 0) is 43.2 Å². The molecule has 0 saturated heterocycles. The Morgan fingerprint density at radius 1 is 1.15 bits per heavy atom. The molecular formula is C18H15ClF3NO3. The second kappa shape index (κ2) is 8.31. The van der Waals surface area contributed by atoms with Crippen LogP contribution < -0.4 is 0 Å². The fourth-order valence-electron chi connectivity index (χ4n) is 2.32. The fraction of sp³-hybridized carbons (Fsp3) is 0.278. The summed E-state index contributed by atoms with van der Waals surface area (Å²) in [5.74, 6) is -2.59. The number of carbonyl (C=O) groups is 2. The first-order valence-corrected chi connectivity index (χ1v) is 8.09. The van der Waals surface area contributed by atoms with Crippen LogP contribution in [-0.4, -0.2) is 23.3 Å². The van der Waals surface area contributed by atoms with Crippen molar-refractivity contribution in [1.29, 1.82) is 0 Å². The van der Waals surface area contributed by atoms with Gasteiger partial charge < -0.3 is 4.74 Å². The minimum absolute atomic E-state index is 0.0116. The van der Waals surface area contributed by atoms with Gasteiger partial charge in [-0.1, -0.05) is 29.8 Å². The third-order valence-electron chi connectivity index (χ3n) is 3.58. The van der Waals surface area contributed by atoms with Crippen LogP contribution in [0, 0.1) is 5.92 Å². The van der Waals surface area contributed by atoms with E-state index in [1.165, 1.54) is 30.3 Å². The number of halogens is 4. The molecule has 1 heterocycles. The number of benzene rings is 1. The van der Waals surface area contributed by atoms with Gasteiger partial charge in [-0.3, -0.25) is 9.59 Å². The molecule has 0 spiro atoms. The second-order valence-electron chi connectivity index (χ2n) is 5.41. The molecule has 8 heteroatoms. The van der Waals surface area contributed by atoms with E-state index in [1.807, 2.05) is 0 Å². The predicted octanol–water partition coefficient (Wildman–Crippen LogP) is 4.36. The van der Waals surface area contributed by atoms with Crippen LogP contribution in [0.3, 0.4) is 0 Å². The van der Waals surface area contributed by atoms with E-state index in [4.69, 9.17) is 16.3 Å². The molecule has 1 aromatic heterocycles. The average Bonchev–Trinajstić information content (AvgIpc) is 2.59. The normalized spacial score (nSPS) is 12.5. The molecule has 4 nitrogen and oxygen atoms in total. The summed E-state index contributed by atoms with van der Waals surface area (Å²) >= 11 is 5.77. The summed E-state index contributed by atoms with van der Waals surface area (Å²) < 4.78 is 42.9. The maximum Gasteiger partial charge on any atom is 0.416 e. The van der Waals surface area contributed by atoms with E-state index in [2.05, 4.69) is 4.98 Å². The van der Waals surface area contributed by atoms with E-state index < -0.39 is 29.4 Å². The van der Waals surface area contributed by atoms with Crippen molar-refractivity contribution in [3.05, 3.63) is 64.4 Å². The minimum Gasteiger partial charge on any atom is -0.465 e. The lowest BCUT2D eigenvalue weighted by molar-refractivity contribution is -0.146. The molecule has 1 atom stereocenters. The highest BCUT2D eigenvalue weighted by Crippen LogP contribution is 2.29. The van der Waals surface area contributed by atoms with Crippen LogP contribution in [0.1, 0.15) is 28.5 Å². The smallest absolute Gasteiger partial charge is 0.416 e. The van der Waals surface area contributed by atoms with Crippen LogP contribution in [0.5, 0.6) is 0 Å². The molecule has 0 saturated carbocycles. The first-order valence-electron chi connectivity index (χ1n) is 7.72. The molecule has 0 fully saturated rings. The van der Waals surface area contributed by atoms with Gasteiger partial charge in [-0.15, -0.1) is 0 Å². The zero-order chi connectivity index (χ0) is 19.3. The second-order valence-corrected chi connectivity index (χ2v) is 5.80. The van der Waals surface area contributed by atoms with E-state index >= 15 is 0 Å². The Labute approximate surface area is 152 Å². The lowest BCUT2D eigenvalue weighted by atomic mass is 9.93. The molecule has 0 aliphatic rings. The van der Waals surface area contributed by atoms with E-state index in [-0.39, 0.29) is 23.9 Å². The molecule has 138 valence electrons. The quantitative estimate of drug-likeness (QED) is 0.321. The number of ketones is 1. The SMILES string of the molecule is CCOC(=O)C(Cc1ccc(C(F)(F)F)cc1)C(=O)c1cccc(Cl)n1. The lowest BCUT2D eigenvalue weighted by Crippen LogP contribution is -2.29. The molecule has 0 aliphatic carbocycles. The van der Waals surface area contributed by atoms with Crippen LogP contribution in [0.4, 0.5) is 13.2 Å². The van der Waals surface area contributed by atoms with Crippen molar-refractivity contribution in [2.45, 2.75) is 19.5 Å². The molecule has 26 heavy (non-hydrogen) atoms. The number of esters is 1. The van der Waals surface area contributed by atoms with Gasteiger partial charge in [-0.2, -0.15) is 13.2 Å². The highest BCUT2D eigenvalue weighted by Gasteiger charge is 2.32. The van der Waals surface area contributed by atoms with Crippen molar-refractivity contribution in [3.63, 3.8) is 0 Å². The van der Waals surface area contributed by atoms with Crippen molar-refractivity contribution in [2.75, 3.05) is 6.61 Å². The number of aromatic nitrogens is 1. The highest BCUT2D eigenvalue weighted by molar-refractivity contribution is 6.29. The Kier molecular flexibility index (Phi) is 6.37. The van der Waals surface area contributed by atoms with Crippen molar-refractivity contribution >= 4 is 23.4 Å². The average molecular weight is 386 g/mol. The Bertz CT molecular complexity index is 791. The number of nitrogens with zero attached hydrogens (tertiary/aromatic N) is 1. The molecular weight excluding hydrogens is 371 g/mol. The molecule has 0 radical (unpaired) electrons. The van der Waals surface area contributed by atoms with Crippen LogP contribution in [-0.2, 0) is 22.1 Å². The van der Waals surface area contributed by atoms with Crippen LogP contribution >= 0.6 is 11.6 Å². The van der Waals surface area contributed by atoms with Gasteiger partial charge in [0.25, 0.3) is 0 Å². The Morgan fingerprint density at radius 3 is 2.35 bits per heavy atom. The van der Waals surface area contributed by atoms with Crippen molar-refractivity contribution in [1.82, 2.24) is 4.98 Å². The van der Waals surface area contributed by atoms with Crippen molar-refractivity contribution in [2.24, 2.45) is 5.92 Å². The summed E-state index contributed by atoms with van der Waals surface area (Å²) in [4.78, 5) is 28.7. The van der Waals surface area contributed by atoms with E-state index in [1.54, 1.807) is 6.92 Å². The largest absolute Gasteiger partial charge is 0.465 e. The molecule has 1 aromatic carbocycles. The number of ether oxygens (including phenoxy) is 1. The zero-order valence-corrected chi connectivity index (χ0v) is 14.5. The van der Waals surface area contributed by atoms with Gasteiger partial charge in [0.15, 0.2) is 5.78 Å². The summed E-state index contributed by atoms with van der Waals surface area (Å²) in [5, 5.41) is 0.0907. The number of hydrogen-bond donors (Lipinski definition) is 0. The summed E-state index contributed by atoms with van der Waals surface area (Å²) in [6.45, 7) is 1.66. The summed E-state index contributed by atoms with van der Waals surface area (Å²) in [5.41, 5.74) is -0.425. The molecule has 1 unspecified atom stereocenters. The molecule has 0 aliphatic heterocycles. The first-order chi connectivity index (χ1) is 12.2. The Balaban J connectivity index is 2.28. The number of carbonyl (C=O) groups excluding carboxylic acids is 2. The number of Topliss-reactive ketones (excluding diaryl/α,β-unsaturated/α-hetero) is 1. The topological polar surface area (TPSA) is 56.3 Å². The highest BCUT2D eigenvalue weighted by atomic mass is 35.5. The third-order valence-corrected chi connectivity index (χ3v) is 3.79. The predicted molar refractivity (Wildman–Crippen MR) is 88.8 cm³/mol. The minimum atomic E-state index is -4.46. The number of pyridine rings is 1. The Hall–Kier alpha value is -2.41. The standard InChI is InChI=1S/C18H15ClF3NO3/c1-2-26-17(25)13(16(24)14-4-3-5-15(19)23-14)10-11-6-8-12(9-7-11)18(20,21)22/h3-9,13H,2,10H2,1H3. The van der Waals surface area contributed by atoms with E-state index in [0.29, 0.717) is 5.56 Å². The number of alkyl halides is 3. The van der Waals surface area contributed by atoms with Gasteiger partial charge in [0.05, 0.1) is 12.2 Å². The van der Waals surface area contributed by atoms with E-state index in [9.17, 15) is 22.8 Å². The summed E-state index contributed by atoms with van der Waals surface area (Å²) in [6.07, 6.45) is -4.57. The molecule has 0 bridgehead atoms. The summed E-state index contributed by atoms with van der Waals surface area (Å²) in [6, 6.07) is 8.67. The monoisotopic (exact) mass is 385 g/mol. The molecule has 2 rings (SSSR count). The van der Waals surface area contributed by atoms with Gasteiger partial charge >= 0.3 is 12.1 Å². The fourth-order valence-corrected chi connectivity index (χ4v) is 2.48.